The molecular formula is C12H12BrNO4S. The highest BCUT2D eigenvalue weighted by atomic mass is 79.9. The van der Waals surface area contributed by atoms with Gasteiger partial charge in [0.05, 0.1) is 17.0 Å². The van der Waals surface area contributed by atoms with E-state index in [-0.39, 0.29) is 12.3 Å². The number of amides is 1. The number of carbonyl (C=O) groups is 2. The quantitative estimate of drug-likeness (QED) is 0.775. The second-order valence-corrected chi connectivity index (χ2v) is 7.71. The molecule has 0 N–H and O–H groups in total. The molecule has 1 aliphatic rings. The molecular weight excluding hydrogens is 334 g/mol. The summed E-state index contributed by atoms with van der Waals surface area (Å²) in [5.74, 6) is -1.42. The SMILES string of the molecule is Cc1cc(Br)cc2c1N(CCS(C)(=O)=O)C(=O)C2=O. The lowest BCUT2D eigenvalue weighted by Crippen LogP contribution is -2.34. The van der Waals surface area contributed by atoms with Crippen LogP contribution in [-0.2, 0) is 14.6 Å². The van der Waals surface area contributed by atoms with Gasteiger partial charge in [0.15, 0.2) is 0 Å². The molecule has 0 fully saturated rings. The third kappa shape index (κ3) is 2.71. The van der Waals surface area contributed by atoms with Crippen molar-refractivity contribution in [3.63, 3.8) is 0 Å². The van der Waals surface area contributed by atoms with E-state index in [4.69, 9.17) is 0 Å². The highest BCUT2D eigenvalue weighted by Gasteiger charge is 2.37. The van der Waals surface area contributed by atoms with Crippen molar-refractivity contribution in [1.29, 1.82) is 0 Å². The second kappa shape index (κ2) is 4.72. The number of hydrogen-bond donors (Lipinski definition) is 0. The molecule has 0 unspecified atom stereocenters. The van der Waals surface area contributed by atoms with Gasteiger partial charge in [0.25, 0.3) is 11.7 Å². The van der Waals surface area contributed by atoms with Crippen LogP contribution in [0.4, 0.5) is 5.69 Å². The first-order chi connectivity index (χ1) is 8.70. The van der Waals surface area contributed by atoms with E-state index in [1.807, 2.05) is 0 Å². The summed E-state index contributed by atoms with van der Waals surface area (Å²) >= 11 is 3.28. The lowest BCUT2D eigenvalue weighted by atomic mass is 10.1. The summed E-state index contributed by atoms with van der Waals surface area (Å²) < 4.78 is 23.1. The van der Waals surface area contributed by atoms with E-state index in [0.717, 1.165) is 16.3 Å². The smallest absolute Gasteiger partial charge is 0.299 e. The molecule has 0 atom stereocenters. The molecule has 5 nitrogen and oxygen atoms in total. The fraction of sp³-hybridized carbons (Fsp3) is 0.333. The number of hydrogen-bond acceptors (Lipinski definition) is 4. The molecule has 0 saturated carbocycles. The Kier molecular flexibility index (Phi) is 3.53. The predicted octanol–water partition coefficient (Wildman–Crippen LogP) is 1.33. The summed E-state index contributed by atoms with van der Waals surface area (Å²) in [5.41, 5.74) is 1.60. The average molecular weight is 346 g/mol. The van der Waals surface area contributed by atoms with Gasteiger partial charge in [-0.05, 0) is 24.6 Å². The van der Waals surface area contributed by atoms with Crippen LogP contribution < -0.4 is 4.90 Å². The molecule has 0 radical (unpaired) electrons. The standard InChI is InChI=1S/C12H12BrNO4S/c1-7-5-8(13)6-9-10(7)14(12(16)11(9)15)3-4-19(2,17)18/h5-6H,3-4H2,1-2H3. The first-order valence-corrected chi connectivity index (χ1v) is 8.40. The number of ketones is 1. The molecule has 0 aromatic heterocycles. The van der Waals surface area contributed by atoms with Gasteiger partial charge in [-0.15, -0.1) is 0 Å². The van der Waals surface area contributed by atoms with Crippen LogP contribution in [0.2, 0.25) is 0 Å². The van der Waals surface area contributed by atoms with Crippen LogP contribution in [-0.4, -0.2) is 38.7 Å². The zero-order valence-electron chi connectivity index (χ0n) is 10.4. The first-order valence-electron chi connectivity index (χ1n) is 5.55. The maximum absolute atomic E-state index is 11.9. The summed E-state index contributed by atoms with van der Waals surface area (Å²) in [6, 6.07) is 3.38. The van der Waals surface area contributed by atoms with Crippen LogP contribution >= 0.6 is 15.9 Å². The Morgan fingerprint density at radius 1 is 1.26 bits per heavy atom. The summed E-state index contributed by atoms with van der Waals surface area (Å²) in [6.45, 7) is 1.78. The Balaban J connectivity index is 2.44. The lowest BCUT2D eigenvalue weighted by molar-refractivity contribution is -0.114. The fourth-order valence-electron chi connectivity index (χ4n) is 2.08. The normalized spacial score (nSPS) is 15.0. The molecule has 1 aromatic rings. The van der Waals surface area contributed by atoms with Gasteiger partial charge in [-0.25, -0.2) is 8.42 Å². The van der Waals surface area contributed by atoms with Crippen LogP contribution in [0.25, 0.3) is 0 Å². The zero-order chi connectivity index (χ0) is 14.4. The van der Waals surface area contributed by atoms with Crippen molar-refractivity contribution in [2.75, 3.05) is 23.5 Å². The highest BCUT2D eigenvalue weighted by molar-refractivity contribution is 9.10. The number of fused-ring (bicyclic) bond motifs is 1. The van der Waals surface area contributed by atoms with Gasteiger partial charge in [0.2, 0.25) is 0 Å². The van der Waals surface area contributed by atoms with Crippen LogP contribution in [0.5, 0.6) is 0 Å². The van der Waals surface area contributed by atoms with E-state index >= 15 is 0 Å². The Morgan fingerprint density at radius 2 is 1.89 bits per heavy atom. The van der Waals surface area contributed by atoms with E-state index in [9.17, 15) is 18.0 Å². The number of anilines is 1. The van der Waals surface area contributed by atoms with Gasteiger partial charge < -0.3 is 4.90 Å². The predicted molar refractivity (Wildman–Crippen MR) is 75.3 cm³/mol. The number of carbonyl (C=O) groups excluding carboxylic acids is 2. The van der Waals surface area contributed by atoms with Crippen LogP contribution in [0.15, 0.2) is 16.6 Å². The minimum absolute atomic E-state index is 0.00111. The monoisotopic (exact) mass is 345 g/mol. The van der Waals surface area contributed by atoms with E-state index in [0.29, 0.717) is 11.3 Å². The lowest BCUT2D eigenvalue weighted by Gasteiger charge is -2.18. The van der Waals surface area contributed by atoms with E-state index in [1.165, 1.54) is 4.90 Å². The van der Waals surface area contributed by atoms with Gasteiger partial charge in [-0.1, -0.05) is 15.9 Å². The fourth-order valence-corrected chi connectivity index (χ4v) is 3.16. The molecule has 7 heteroatoms. The molecule has 102 valence electrons. The molecule has 0 saturated heterocycles. The molecule has 2 rings (SSSR count). The number of benzene rings is 1. The Morgan fingerprint density at radius 3 is 2.47 bits per heavy atom. The molecule has 1 amide bonds. The van der Waals surface area contributed by atoms with Crippen LogP contribution in [0.3, 0.4) is 0 Å². The summed E-state index contributed by atoms with van der Waals surface area (Å²) in [5, 5.41) is 0. The van der Waals surface area contributed by atoms with Gasteiger partial charge in [0, 0.05) is 17.3 Å². The molecule has 0 aliphatic carbocycles. The molecule has 1 heterocycles. The van der Waals surface area contributed by atoms with Gasteiger partial charge in [-0.2, -0.15) is 0 Å². The van der Waals surface area contributed by atoms with E-state index in [2.05, 4.69) is 15.9 Å². The topological polar surface area (TPSA) is 71.5 Å². The second-order valence-electron chi connectivity index (χ2n) is 4.53. The van der Waals surface area contributed by atoms with Crippen molar-refractivity contribution >= 4 is 43.1 Å². The van der Waals surface area contributed by atoms with Crippen LogP contribution in [0.1, 0.15) is 15.9 Å². The van der Waals surface area contributed by atoms with Crippen molar-refractivity contribution in [2.45, 2.75) is 6.92 Å². The van der Waals surface area contributed by atoms with Crippen molar-refractivity contribution in [1.82, 2.24) is 0 Å². The molecule has 0 spiro atoms. The number of Topliss-reactive ketones (excluding diaryl/α,β-unsaturated/α-hetero) is 1. The van der Waals surface area contributed by atoms with Crippen molar-refractivity contribution in [3.8, 4) is 0 Å². The van der Waals surface area contributed by atoms with E-state index in [1.54, 1.807) is 19.1 Å². The van der Waals surface area contributed by atoms with Gasteiger partial charge >= 0.3 is 0 Å². The Bertz CT molecular complexity index is 681. The van der Waals surface area contributed by atoms with Crippen LogP contribution in [0, 0.1) is 6.92 Å². The minimum atomic E-state index is -3.19. The Hall–Kier alpha value is -1.21. The van der Waals surface area contributed by atoms with E-state index < -0.39 is 21.5 Å². The third-order valence-corrected chi connectivity index (χ3v) is 4.29. The summed E-state index contributed by atoms with van der Waals surface area (Å²) in [6.07, 6.45) is 1.10. The van der Waals surface area contributed by atoms with Gasteiger partial charge in [0.1, 0.15) is 9.84 Å². The van der Waals surface area contributed by atoms with Gasteiger partial charge in [-0.3, -0.25) is 9.59 Å². The summed E-state index contributed by atoms with van der Waals surface area (Å²) in [4.78, 5) is 25.0. The maximum Gasteiger partial charge on any atom is 0.299 e. The number of halogens is 1. The minimum Gasteiger partial charge on any atom is -0.303 e. The molecule has 19 heavy (non-hydrogen) atoms. The number of rotatable bonds is 3. The van der Waals surface area contributed by atoms with Crippen molar-refractivity contribution in [3.05, 3.63) is 27.7 Å². The zero-order valence-corrected chi connectivity index (χ0v) is 12.8. The number of aryl methyl sites for hydroxylation is 1. The summed E-state index contributed by atoms with van der Waals surface area (Å²) in [7, 11) is -3.19. The number of nitrogens with zero attached hydrogens (tertiary/aromatic N) is 1. The van der Waals surface area contributed by atoms with Crippen molar-refractivity contribution < 1.29 is 18.0 Å². The third-order valence-electron chi connectivity index (χ3n) is 2.90. The largest absolute Gasteiger partial charge is 0.303 e. The number of sulfone groups is 1. The maximum atomic E-state index is 11.9. The molecule has 1 aromatic carbocycles. The molecule has 1 aliphatic heterocycles. The Labute approximate surface area is 119 Å². The highest BCUT2D eigenvalue weighted by Crippen LogP contribution is 2.34. The first kappa shape index (κ1) is 14.2. The van der Waals surface area contributed by atoms with Crippen molar-refractivity contribution in [2.24, 2.45) is 0 Å². The molecule has 0 bridgehead atoms. The average Bonchev–Trinajstić information content (AvgIpc) is 2.50.